The van der Waals surface area contributed by atoms with Crippen molar-refractivity contribution in [2.24, 2.45) is 0 Å². The standard InChI is InChI=1S/C13H19ClN2O3S/c1-15-8-10-4-5-12(14)13(7-10)20(17,18)16-11-3-2-6-19-9-11/h4-5,7,11,15-16H,2-3,6,8-9H2,1H3. The maximum absolute atomic E-state index is 12.4. The van der Waals surface area contributed by atoms with Crippen molar-refractivity contribution in [2.75, 3.05) is 20.3 Å². The normalized spacial score (nSPS) is 20.0. The first-order chi connectivity index (χ1) is 9.53. The quantitative estimate of drug-likeness (QED) is 0.863. The number of rotatable bonds is 5. The minimum atomic E-state index is -3.62. The zero-order valence-electron chi connectivity index (χ0n) is 11.4. The molecule has 1 atom stereocenters. The van der Waals surface area contributed by atoms with Crippen LogP contribution in [0.25, 0.3) is 0 Å². The number of hydrogen-bond donors (Lipinski definition) is 2. The number of hydrogen-bond acceptors (Lipinski definition) is 4. The molecule has 112 valence electrons. The van der Waals surface area contributed by atoms with E-state index >= 15 is 0 Å². The maximum Gasteiger partial charge on any atom is 0.242 e. The monoisotopic (exact) mass is 318 g/mol. The minimum absolute atomic E-state index is 0.123. The Morgan fingerprint density at radius 2 is 2.25 bits per heavy atom. The van der Waals surface area contributed by atoms with Gasteiger partial charge >= 0.3 is 0 Å². The van der Waals surface area contributed by atoms with Crippen LogP contribution in [0.3, 0.4) is 0 Å². The van der Waals surface area contributed by atoms with Gasteiger partial charge in [-0.25, -0.2) is 13.1 Å². The number of nitrogens with one attached hydrogen (secondary N) is 2. The highest BCUT2D eigenvalue weighted by Crippen LogP contribution is 2.23. The van der Waals surface area contributed by atoms with Crippen LogP contribution >= 0.6 is 11.6 Å². The predicted octanol–water partition coefficient (Wildman–Crippen LogP) is 1.52. The molecule has 1 aliphatic rings. The van der Waals surface area contributed by atoms with Crippen LogP contribution in [0.2, 0.25) is 5.02 Å². The van der Waals surface area contributed by atoms with E-state index in [1.54, 1.807) is 19.2 Å². The molecule has 0 radical (unpaired) electrons. The van der Waals surface area contributed by atoms with Gasteiger partial charge in [-0.2, -0.15) is 0 Å². The first-order valence-electron chi connectivity index (χ1n) is 6.56. The molecule has 0 amide bonds. The summed E-state index contributed by atoms with van der Waals surface area (Å²) in [5, 5.41) is 3.22. The molecular formula is C13H19ClN2O3S. The third-order valence-electron chi connectivity index (χ3n) is 3.15. The van der Waals surface area contributed by atoms with E-state index in [1.807, 2.05) is 6.07 Å². The van der Waals surface area contributed by atoms with Gasteiger partial charge in [-0.3, -0.25) is 0 Å². The summed E-state index contributed by atoms with van der Waals surface area (Å²) in [6.45, 7) is 1.69. The summed E-state index contributed by atoms with van der Waals surface area (Å²) in [4.78, 5) is 0.123. The molecular weight excluding hydrogens is 300 g/mol. The molecule has 2 rings (SSSR count). The van der Waals surface area contributed by atoms with Gasteiger partial charge in [0.25, 0.3) is 0 Å². The van der Waals surface area contributed by atoms with Crippen LogP contribution in [0, 0.1) is 0 Å². The van der Waals surface area contributed by atoms with E-state index in [9.17, 15) is 8.42 Å². The van der Waals surface area contributed by atoms with E-state index in [4.69, 9.17) is 16.3 Å². The van der Waals surface area contributed by atoms with Crippen LogP contribution in [-0.2, 0) is 21.3 Å². The molecule has 0 saturated carbocycles. The highest BCUT2D eigenvalue weighted by Gasteiger charge is 2.24. The highest BCUT2D eigenvalue weighted by molar-refractivity contribution is 7.89. The van der Waals surface area contributed by atoms with Gasteiger partial charge in [-0.05, 0) is 37.6 Å². The fourth-order valence-electron chi connectivity index (χ4n) is 2.18. The Morgan fingerprint density at radius 3 is 2.90 bits per heavy atom. The zero-order chi connectivity index (χ0) is 14.6. The number of benzene rings is 1. The lowest BCUT2D eigenvalue weighted by Gasteiger charge is -2.23. The van der Waals surface area contributed by atoms with Crippen molar-refractivity contribution in [1.82, 2.24) is 10.0 Å². The molecule has 0 spiro atoms. The Kier molecular flexibility index (Phi) is 5.40. The number of sulfonamides is 1. The molecule has 1 saturated heterocycles. The van der Waals surface area contributed by atoms with Crippen molar-refractivity contribution in [2.45, 2.75) is 30.3 Å². The first-order valence-corrected chi connectivity index (χ1v) is 8.42. The van der Waals surface area contributed by atoms with Gasteiger partial charge in [0.2, 0.25) is 10.0 Å². The van der Waals surface area contributed by atoms with Gasteiger partial charge in [0.1, 0.15) is 4.90 Å². The largest absolute Gasteiger partial charge is 0.380 e. The second-order valence-corrected chi connectivity index (χ2v) is 6.92. The first kappa shape index (κ1) is 15.7. The third kappa shape index (κ3) is 3.93. The van der Waals surface area contributed by atoms with E-state index in [-0.39, 0.29) is 16.0 Å². The van der Waals surface area contributed by atoms with E-state index < -0.39 is 10.0 Å². The van der Waals surface area contributed by atoms with Crippen LogP contribution in [0.15, 0.2) is 23.1 Å². The van der Waals surface area contributed by atoms with Crippen LogP contribution < -0.4 is 10.0 Å². The highest BCUT2D eigenvalue weighted by atomic mass is 35.5. The van der Waals surface area contributed by atoms with Crippen molar-refractivity contribution in [1.29, 1.82) is 0 Å². The minimum Gasteiger partial charge on any atom is -0.380 e. The van der Waals surface area contributed by atoms with Crippen molar-refractivity contribution >= 4 is 21.6 Å². The predicted molar refractivity (Wildman–Crippen MR) is 78.4 cm³/mol. The third-order valence-corrected chi connectivity index (χ3v) is 5.15. The molecule has 5 nitrogen and oxygen atoms in total. The summed E-state index contributed by atoms with van der Waals surface area (Å²) in [5.41, 5.74) is 0.872. The van der Waals surface area contributed by atoms with E-state index in [1.165, 1.54) is 0 Å². The molecule has 1 aromatic rings. The molecule has 1 aromatic carbocycles. The van der Waals surface area contributed by atoms with Crippen LogP contribution in [0.4, 0.5) is 0 Å². The summed E-state index contributed by atoms with van der Waals surface area (Å²) in [7, 11) is -1.82. The summed E-state index contributed by atoms with van der Waals surface area (Å²) in [6.07, 6.45) is 1.65. The fraction of sp³-hybridized carbons (Fsp3) is 0.538. The van der Waals surface area contributed by atoms with Crippen LogP contribution in [0.5, 0.6) is 0 Å². The van der Waals surface area contributed by atoms with Crippen molar-refractivity contribution in [3.05, 3.63) is 28.8 Å². The molecule has 0 aliphatic carbocycles. The zero-order valence-corrected chi connectivity index (χ0v) is 12.9. The lowest BCUT2D eigenvalue weighted by molar-refractivity contribution is 0.0774. The summed E-state index contributed by atoms with van der Waals surface area (Å²) >= 11 is 6.03. The average Bonchev–Trinajstić information content (AvgIpc) is 2.42. The smallest absolute Gasteiger partial charge is 0.242 e. The van der Waals surface area contributed by atoms with E-state index in [0.29, 0.717) is 19.8 Å². The summed E-state index contributed by atoms with van der Waals surface area (Å²) in [5.74, 6) is 0. The second-order valence-electron chi connectivity index (χ2n) is 4.83. The Hall–Kier alpha value is -0.660. The van der Waals surface area contributed by atoms with Crippen molar-refractivity contribution in [3.63, 3.8) is 0 Å². The number of halogens is 1. The fourth-order valence-corrected chi connectivity index (χ4v) is 3.99. The second kappa shape index (κ2) is 6.87. The lowest BCUT2D eigenvalue weighted by atomic mass is 10.1. The lowest BCUT2D eigenvalue weighted by Crippen LogP contribution is -2.40. The van der Waals surface area contributed by atoms with Crippen molar-refractivity contribution in [3.8, 4) is 0 Å². The van der Waals surface area contributed by atoms with Gasteiger partial charge in [0.15, 0.2) is 0 Å². The molecule has 1 aliphatic heterocycles. The van der Waals surface area contributed by atoms with Gasteiger partial charge in [-0.1, -0.05) is 17.7 Å². The molecule has 20 heavy (non-hydrogen) atoms. The van der Waals surface area contributed by atoms with Crippen LogP contribution in [0.1, 0.15) is 18.4 Å². The molecule has 2 N–H and O–H groups in total. The molecule has 0 bridgehead atoms. The average molecular weight is 319 g/mol. The summed E-state index contributed by atoms with van der Waals surface area (Å²) in [6, 6.07) is 4.84. The summed E-state index contributed by atoms with van der Waals surface area (Å²) < 4.78 is 32.8. The molecule has 1 unspecified atom stereocenters. The number of ether oxygens (including phenoxy) is 1. The molecule has 7 heteroatoms. The Labute approximate surface area is 124 Å². The Bertz CT molecular complexity index is 557. The van der Waals surface area contributed by atoms with Gasteiger partial charge in [0.05, 0.1) is 11.6 Å². The Morgan fingerprint density at radius 1 is 1.45 bits per heavy atom. The molecule has 1 fully saturated rings. The van der Waals surface area contributed by atoms with Crippen LogP contribution in [-0.4, -0.2) is 34.7 Å². The Balaban J connectivity index is 2.21. The van der Waals surface area contributed by atoms with Gasteiger partial charge in [0, 0.05) is 19.2 Å². The van der Waals surface area contributed by atoms with Gasteiger partial charge in [-0.15, -0.1) is 0 Å². The van der Waals surface area contributed by atoms with E-state index in [0.717, 1.165) is 18.4 Å². The van der Waals surface area contributed by atoms with Crippen molar-refractivity contribution < 1.29 is 13.2 Å². The molecule has 0 aromatic heterocycles. The van der Waals surface area contributed by atoms with Gasteiger partial charge < -0.3 is 10.1 Å². The topological polar surface area (TPSA) is 67.4 Å². The van der Waals surface area contributed by atoms with E-state index in [2.05, 4.69) is 10.0 Å². The molecule has 1 heterocycles. The maximum atomic E-state index is 12.4. The SMILES string of the molecule is CNCc1ccc(Cl)c(S(=O)(=O)NC2CCCOC2)c1.